The number of rotatable bonds is 20. The average molecular weight is 635 g/mol. The Kier molecular flexibility index (Phi) is 14.4. The molecule has 0 amide bonds. The third-order valence-electron chi connectivity index (χ3n) is 8.54. The van der Waals surface area contributed by atoms with Gasteiger partial charge in [0.2, 0.25) is 0 Å². The number of phosphoric acid groups is 1. The Balaban J connectivity index is 2.30. The first-order chi connectivity index (χ1) is 18.5. The van der Waals surface area contributed by atoms with Gasteiger partial charge in [-0.05, 0) is 71.1 Å². The minimum Gasteiger partial charge on any atom is -0.386 e. The molecule has 232 valence electrons. The molecular formula is C22H51N2O11PSi3. The number of hydrogen-bond acceptors (Lipinski definition) is 11. The molecule has 2 N–H and O–H groups in total. The van der Waals surface area contributed by atoms with Crippen LogP contribution in [0.1, 0.15) is 44.9 Å². The molecule has 0 aromatic rings. The number of phosphoric ester groups is 1. The highest BCUT2D eigenvalue weighted by atomic mass is 31.2. The summed E-state index contributed by atoms with van der Waals surface area (Å²) in [4.78, 5) is 18.8. The Morgan fingerprint density at radius 2 is 1.15 bits per heavy atom. The molecule has 0 unspecified atom stereocenters. The van der Waals surface area contributed by atoms with Crippen LogP contribution < -0.4 is 0 Å². The molecule has 2 aliphatic rings. The highest BCUT2D eigenvalue weighted by Gasteiger charge is 2.59. The molecule has 0 aromatic carbocycles. The molecule has 2 saturated heterocycles. The van der Waals surface area contributed by atoms with E-state index < -0.39 is 39.1 Å². The molecule has 0 aromatic heterocycles. The predicted molar refractivity (Wildman–Crippen MR) is 152 cm³/mol. The number of hydrogen-bond donors (Lipinski definition) is 2. The largest absolute Gasteiger partial charge is 0.506 e. The van der Waals surface area contributed by atoms with Gasteiger partial charge in [0.05, 0.1) is 6.61 Å². The van der Waals surface area contributed by atoms with E-state index in [-0.39, 0.29) is 6.61 Å². The molecule has 0 saturated carbocycles. The summed E-state index contributed by atoms with van der Waals surface area (Å²) in [6, 6.07) is 1.85. The zero-order valence-corrected chi connectivity index (χ0v) is 28.7. The predicted octanol–water partition coefficient (Wildman–Crippen LogP) is 2.54. The fraction of sp³-hybridized carbons (Fsp3) is 1.00. The van der Waals surface area contributed by atoms with Gasteiger partial charge in [-0.25, -0.2) is 4.57 Å². The molecule has 0 radical (unpaired) electrons. The molecule has 0 spiro atoms. The van der Waals surface area contributed by atoms with Crippen LogP contribution in [0.4, 0.5) is 0 Å². The van der Waals surface area contributed by atoms with E-state index in [0.717, 1.165) is 64.0 Å². The Bertz CT molecular complexity index is 725. The van der Waals surface area contributed by atoms with Gasteiger partial charge in [0.15, 0.2) is 0 Å². The van der Waals surface area contributed by atoms with Crippen molar-refractivity contribution in [3.8, 4) is 0 Å². The normalized spacial score (nSPS) is 20.7. The molecule has 2 heterocycles. The zero-order chi connectivity index (χ0) is 29.2. The molecule has 2 fully saturated rings. The molecule has 0 atom stereocenters. The Morgan fingerprint density at radius 3 is 1.49 bits per heavy atom. The lowest BCUT2D eigenvalue weighted by atomic mass is 9.92. The summed E-state index contributed by atoms with van der Waals surface area (Å²) >= 11 is 0. The van der Waals surface area contributed by atoms with E-state index in [9.17, 15) is 14.4 Å². The Labute approximate surface area is 237 Å². The van der Waals surface area contributed by atoms with Crippen LogP contribution in [0, 0.1) is 0 Å². The van der Waals surface area contributed by atoms with E-state index in [4.69, 9.17) is 35.5 Å². The molecule has 2 rings (SSSR count). The zero-order valence-electron chi connectivity index (χ0n) is 24.8. The highest BCUT2D eigenvalue weighted by molar-refractivity contribution is 7.46. The van der Waals surface area contributed by atoms with Gasteiger partial charge in [0.25, 0.3) is 0 Å². The maximum absolute atomic E-state index is 11.6. The van der Waals surface area contributed by atoms with Crippen LogP contribution in [0.2, 0.25) is 17.1 Å². The average Bonchev–Trinajstić information content (AvgIpc) is 3.53. The van der Waals surface area contributed by atoms with Crippen LogP contribution in [-0.2, 0) is 40.1 Å². The van der Waals surface area contributed by atoms with Crippen molar-refractivity contribution in [1.82, 2.24) is 9.13 Å². The summed E-state index contributed by atoms with van der Waals surface area (Å²) in [5.74, 6) is 0. The van der Waals surface area contributed by atoms with Crippen molar-refractivity contribution in [2.45, 2.75) is 62.1 Å². The van der Waals surface area contributed by atoms with E-state index in [1.807, 2.05) is 0 Å². The first kappa shape index (κ1) is 35.6. The summed E-state index contributed by atoms with van der Waals surface area (Å²) in [6.07, 6.45) is 5.25. The fourth-order valence-electron chi connectivity index (χ4n) is 6.61. The summed E-state index contributed by atoms with van der Waals surface area (Å²) < 4.78 is 62.8. The minimum atomic E-state index is -4.65. The lowest BCUT2D eigenvalue weighted by Gasteiger charge is -2.45. The van der Waals surface area contributed by atoms with Gasteiger partial charge in [-0.3, -0.25) is 13.7 Å². The van der Waals surface area contributed by atoms with Gasteiger partial charge < -0.3 is 40.8 Å². The van der Waals surface area contributed by atoms with E-state index >= 15 is 0 Å². The molecule has 0 aliphatic carbocycles. The van der Waals surface area contributed by atoms with E-state index in [1.54, 1.807) is 49.8 Å². The Morgan fingerprint density at radius 1 is 0.744 bits per heavy atom. The van der Waals surface area contributed by atoms with Crippen molar-refractivity contribution in [2.75, 3.05) is 82.6 Å². The second kappa shape index (κ2) is 15.7. The van der Waals surface area contributed by atoms with Crippen molar-refractivity contribution < 1.29 is 49.9 Å². The highest BCUT2D eigenvalue weighted by Crippen LogP contribution is 2.52. The molecule has 13 nitrogen and oxygen atoms in total. The first-order valence-corrected chi connectivity index (χ1v) is 20.8. The van der Waals surface area contributed by atoms with Crippen molar-refractivity contribution >= 4 is 34.1 Å². The molecule has 2 aliphatic heterocycles. The number of nitrogens with zero attached hydrogens (tertiary/aromatic N) is 2. The van der Waals surface area contributed by atoms with Gasteiger partial charge >= 0.3 is 34.1 Å². The van der Waals surface area contributed by atoms with Crippen LogP contribution in [0.15, 0.2) is 0 Å². The van der Waals surface area contributed by atoms with E-state index in [2.05, 4.69) is 9.13 Å². The van der Waals surface area contributed by atoms with Crippen molar-refractivity contribution in [3.63, 3.8) is 0 Å². The third kappa shape index (κ3) is 8.28. The van der Waals surface area contributed by atoms with E-state index in [0.29, 0.717) is 19.3 Å². The fourth-order valence-corrected chi connectivity index (χ4v) is 16.1. The molecule has 39 heavy (non-hydrogen) atoms. The monoisotopic (exact) mass is 634 g/mol. The van der Waals surface area contributed by atoms with Crippen LogP contribution in [0.25, 0.3) is 0 Å². The first-order valence-electron chi connectivity index (χ1n) is 13.6. The lowest BCUT2D eigenvalue weighted by molar-refractivity contribution is 0.0684. The Hall–Kier alpha value is 0.401. The van der Waals surface area contributed by atoms with Gasteiger partial charge in [0, 0.05) is 66.9 Å². The molecule has 0 bridgehead atoms. The SMILES string of the molecule is CO[Si]1(OC)CCCN1CCCC(CCCN1CCC[Si]1(OC)OC)(CCOP(=O)(O)O)[Si](OC)(OC)OC. The van der Waals surface area contributed by atoms with Crippen molar-refractivity contribution in [2.24, 2.45) is 0 Å². The third-order valence-corrected chi connectivity index (χ3v) is 20.1. The summed E-state index contributed by atoms with van der Waals surface area (Å²) in [7, 11) is -1.14. The van der Waals surface area contributed by atoms with Gasteiger partial charge in [-0.15, -0.1) is 0 Å². The topological polar surface area (TPSA) is 138 Å². The quantitative estimate of drug-likeness (QED) is 0.150. The van der Waals surface area contributed by atoms with Crippen LogP contribution in [-0.4, -0.2) is 128 Å². The maximum Gasteiger partial charge on any atom is 0.506 e. The van der Waals surface area contributed by atoms with Crippen LogP contribution >= 0.6 is 7.82 Å². The summed E-state index contributed by atoms with van der Waals surface area (Å²) in [5, 5.41) is -0.644. The maximum atomic E-state index is 11.6. The van der Waals surface area contributed by atoms with Crippen molar-refractivity contribution in [3.05, 3.63) is 0 Å². The van der Waals surface area contributed by atoms with Crippen LogP contribution in [0.5, 0.6) is 0 Å². The lowest BCUT2D eigenvalue weighted by Crippen LogP contribution is -2.56. The standard InChI is InChI=1S/C22H51N2O11PSi3/c1-28-37(29-2)20-10-17-23(37)15-8-12-22(14-19-35-36(25,26)27,39(32-5,33-6)34-7)13-9-16-24-18-11-21-38(24,30-3)31-4/h8-21H2,1-7H3,(H2,25,26,27). The molecule has 17 heteroatoms. The minimum absolute atomic E-state index is 0.147. The van der Waals surface area contributed by atoms with Gasteiger partial charge in [0.1, 0.15) is 0 Å². The van der Waals surface area contributed by atoms with Gasteiger partial charge in [-0.1, -0.05) is 0 Å². The van der Waals surface area contributed by atoms with Gasteiger partial charge in [-0.2, -0.15) is 0 Å². The molecular weight excluding hydrogens is 583 g/mol. The second-order valence-electron chi connectivity index (χ2n) is 10.2. The summed E-state index contributed by atoms with van der Waals surface area (Å²) in [6.45, 7) is 3.23. The second-order valence-corrected chi connectivity index (χ2v) is 21.5. The van der Waals surface area contributed by atoms with Crippen molar-refractivity contribution in [1.29, 1.82) is 0 Å². The van der Waals surface area contributed by atoms with E-state index in [1.165, 1.54) is 0 Å². The van der Waals surface area contributed by atoms with Crippen LogP contribution in [0.3, 0.4) is 0 Å². The smallest absolute Gasteiger partial charge is 0.386 e. The summed E-state index contributed by atoms with van der Waals surface area (Å²) in [5.41, 5.74) is 0.